The van der Waals surface area contributed by atoms with E-state index in [0.29, 0.717) is 17.0 Å². The second-order valence-corrected chi connectivity index (χ2v) is 9.19. The summed E-state index contributed by atoms with van der Waals surface area (Å²) < 4.78 is 7.67. The molecule has 0 atom stereocenters. The van der Waals surface area contributed by atoms with Gasteiger partial charge in [-0.15, -0.1) is 0 Å². The van der Waals surface area contributed by atoms with Gasteiger partial charge >= 0.3 is 0 Å². The predicted molar refractivity (Wildman–Crippen MR) is 141 cm³/mol. The number of anilines is 1. The van der Waals surface area contributed by atoms with E-state index < -0.39 is 5.91 Å². The molecular weight excluding hydrogens is 628 g/mol. The van der Waals surface area contributed by atoms with E-state index in [4.69, 9.17) is 4.74 Å². The lowest BCUT2D eigenvalue weighted by Gasteiger charge is -2.12. The number of carbonyl (C=O) groups is 1. The zero-order chi connectivity index (χ0) is 23.1. The van der Waals surface area contributed by atoms with Crippen LogP contribution < -0.4 is 10.1 Å². The highest BCUT2D eigenvalue weighted by Gasteiger charge is 2.13. The Kier molecular flexibility index (Phi) is 8.26. The summed E-state index contributed by atoms with van der Waals surface area (Å²) in [5, 5.41) is 21.5. The maximum atomic E-state index is 12.5. The smallest absolute Gasteiger partial charge is 0.266 e. The summed E-state index contributed by atoms with van der Waals surface area (Å²) in [6.45, 7) is 2.23. The molecule has 5 nitrogen and oxygen atoms in total. The van der Waals surface area contributed by atoms with Gasteiger partial charge in [0.05, 0.1) is 18.8 Å². The molecule has 3 rings (SSSR count). The molecule has 0 saturated carbocycles. The Morgan fingerprint density at radius 2 is 1.72 bits per heavy atom. The Labute approximate surface area is 214 Å². The van der Waals surface area contributed by atoms with Gasteiger partial charge in [0.1, 0.15) is 24.0 Å². The maximum absolute atomic E-state index is 12.5. The fourth-order valence-corrected chi connectivity index (χ4v) is 4.98. The third-order valence-corrected chi connectivity index (χ3v) is 6.12. The third kappa shape index (κ3) is 6.09. The van der Waals surface area contributed by atoms with Gasteiger partial charge in [0.25, 0.3) is 5.91 Å². The minimum absolute atomic E-state index is 0.00814. The summed E-state index contributed by atoms with van der Waals surface area (Å²) in [5.41, 5.74) is 3.84. The third-order valence-electron chi connectivity index (χ3n) is 4.52. The Morgan fingerprint density at radius 1 is 1.06 bits per heavy atom. The Hall–Kier alpha value is -2.89. The number of halogens is 2. The largest absolute Gasteiger partial charge is 0.487 e. The number of amides is 1. The average Bonchev–Trinajstić information content (AvgIpc) is 2.78. The van der Waals surface area contributed by atoms with Gasteiger partial charge in [-0.3, -0.25) is 4.79 Å². The summed E-state index contributed by atoms with van der Waals surface area (Å²) in [5.74, 6) is 0.230. The number of nitrogens with one attached hydrogen (secondary N) is 1. The number of nitrogens with zero attached hydrogens (tertiary/aromatic N) is 2. The van der Waals surface area contributed by atoms with Crippen LogP contribution in [0.1, 0.15) is 22.3 Å². The van der Waals surface area contributed by atoms with Crippen molar-refractivity contribution in [2.75, 3.05) is 5.32 Å². The van der Waals surface area contributed by atoms with Crippen molar-refractivity contribution in [3.63, 3.8) is 0 Å². The number of nitriles is 2. The van der Waals surface area contributed by atoms with Gasteiger partial charge in [-0.25, -0.2) is 0 Å². The van der Waals surface area contributed by atoms with E-state index >= 15 is 0 Å². The predicted octanol–water partition coefficient (Wildman–Crippen LogP) is 6.20. The molecule has 0 fully saturated rings. The molecule has 0 heterocycles. The molecule has 0 spiro atoms. The Bertz CT molecular complexity index is 1250. The minimum atomic E-state index is -0.463. The van der Waals surface area contributed by atoms with Crippen LogP contribution in [0.2, 0.25) is 0 Å². The van der Waals surface area contributed by atoms with E-state index in [1.165, 1.54) is 0 Å². The van der Waals surface area contributed by atoms with Crippen molar-refractivity contribution in [1.29, 1.82) is 10.5 Å². The van der Waals surface area contributed by atoms with Gasteiger partial charge in [-0.2, -0.15) is 10.5 Å². The molecule has 3 aromatic carbocycles. The second-order valence-electron chi connectivity index (χ2n) is 6.86. The SMILES string of the molecule is Cc1ccc(NC(=O)/C(C#N)=C/c2cc(I)c(OCc3ccccc3C#N)c(I)c2)cc1. The van der Waals surface area contributed by atoms with E-state index in [2.05, 4.69) is 56.6 Å². The molecule has 158 valence electrons. The first kappa shape index (κ1) is 23.8. The van der Waals surface area contributed by atoms with Gasteiger partial charge < -0.3 is 10.1 Å². The standard InChI is InChI=1S/C25H17I2N3O2/c1-16-6-8-21(9-7-16)30-25(31)20(14-29)10-17-11-22(26)24(23(27)12-17)32-15-19-5-3-2-4-18(19)13-28/h2-12H,15H2,1H3,(H,30,31)/b20-10+. The van der Waals surface area contributed by atoms with Crippen LogP contribution in [0.25, 0.3) is 6.08 Å². The number of hydrogen-bond acceptors (Lipinski definition) is 4. The lowest BCUT2D eigenvalue weighted by Crippen LogP contribution is -2.13. The highest BCUT2D eigenvalue weighted by molar-refractivity contribution is 14.1. The molecule has 0 bridgehead atoms. The molecule has 0 aliphatic carbocycles. The molecule has 0 radical (unpaired) electrons. The van der Waals surface area contributed by atoms with Crippen LogP contribution >= 0.6 is 45.2 Å². The molecule has 0 saturated heterocycles. The van der Waals surface area contributed by atoms with Crippen LogP contribution in [0, 0.1) is 36.7 Å². The first-order valence-corrected chi connectivity index (χ1v) is 11.7. The van der Waals surface area contributed by atoms with Gasteiger partial charge in [-0.1, -0.05) is 35.9 Å². The number of carbonyl (C=O) groups excluding carboxylic acids is 1. The summed E-state index contributed by atoms with van der Waals surface area (Å²) in [6, 6.07) is 22.5. The molecule has 0 unspecified atom stereocenters. The maximum Gasteiger partial charge on any atom is 0.266 e. The fraction of sp³-hybridized carbons (Fsp3) is 0.0800. The molecule has 1 N–H and O–H groups in total. The zero-order valence-electron chi connectivity index (χ0n) is 17.0. The first-order valence-electron chi connectivity index (χ1n) is 9.51. The van der Waals surface area contributed by atoms with Crippen LogP contribution in [0.15, 0.2) is 66.2 Å². The highest BCUT2D eigenvalue weighted by atomic mass is 127. The topological polar surface area (TPSA) is 85.9 Å². The first-order chi connectivity index (χ1) is 15.4. The summed E-state index contributed by atoms with van der Waals surface area (Å²) in [7, 11) is 0. The monoisotopic (exact) mass is 645 g/mol. The number of aryl methyl sites for hydroxylation is 1. The number of rotatable bonds is 6. The Balaban J connectivity index is 1.78. The van der Waals surface area contributed by atoms with E-state index in [9.17, 15) is 15.3 Å². The van der Waals surface area contributed by atoms with Crippen LogP contribution in [-0.4, -0.2) is 5.91 Å². The quantitative estimate of drug-likeness (QED) is 0.197. The van der Waals surface area contributed by atoms with Crippen molar-refractivity contribution in [3.05, 3.63) is 95.6 Å². The van der Waals surface area contributed by atoms with Gasteiger partial charge in [0.2, 0.25) is 0 Å². The molecule has 0 aliphatic rings. The van der Waals surface area contributed by atoms with Crippen molar-refractivity contribution in [2.24, 2.45) is 0 Å². The summed E-state index contributed by atoms with van der Waals surface area (Å²) >= 11 is 4.33. The van der Waals surface area contributed by atoms with E-state index in [1.807, 2.05) is 55.5 Å². The lowest BCUT2D eigenvalue weighted by atomic mass is 10.1. The van der Waals surface area contributed by atoms with Gasteiger partial charge in [0, 0.05) is 11.3 Å². The number of hydrogen-bond donors (Lipinski definition) is 1. The summed E-state index contributed by atoms with van der Waals surface area (Å²) in [4.78, 5) is 12.5. The fourth-order valence-electron chi connectivity index (χ4n) is 2.86. The molecule has 0 aliphatic heterocycles. The van der Waals surface area contributed by atoms with Crippen molar-refractivity contribution >= 4 is 62.9 Å². The number of benzene rings is 3. The van der Waals surface area contributed by atoms with Gasteiger partial charge in [-0.05, 0) is 94.1 Å². The Morgan fingerprint density at radius 3 is 2.34 bits per heavy atom. The average molecular weight is 645 g/mol. The molecule has 32 heavy (non-hydrogen) atoms. The molecular formula is C25H17I2N3O2. The zero-order valence-corrected chi connectivity index (χ0v) is 21.3. The van der Waals surface area contributed by atoms with Crippen molar-refractivity contribution in [3.8, 4) is 17.9 Å². The van der Waals surface area contributed by atoms with E-state index in [0.717, 1.165) is 23.8 Å². The van der Waals surface area contributed by atoms with Gasteiger partial charge in [0.15, 0.2) is 0 Å². The van der Waals surface area contributed by atoms with E-state index in [-0.39, 0.29) is 12.2 Å². The molecule has 7 heteroatoms. The van der Waals surface area contributed by atoms with Crippen LogP contribution in [0.4, 0.5) is 5.69 Å². The minimum Gasteiger partial charge on any atom is -0.487 e. The molecule has 1 amide bonds. The van der Waals surface area contributed by atoms with Crippen LogP contribution in [0.3, 0.4) is 0 Å². The van der Waals surface area contributed by atoms with Crippen molar-refractivity contribution in [1.82, 2.24) is 0 Å². The van der Waals surface area contributed by atoms with Crippen molar-refractivity contribution in [2.45, 2.75) is 13.5 Å². The molecule has 3 aromatic rings. The molecule has 0 aromatic heterocycles. The lowest BCUT2D eigenvalue weighted by molar-refractivity contribution is -0.112. The second kappa shape index (κ2) is 11.1. The van der Waals surface area contributed by atoms with Crippen LogP contribution in [-0.2, 0) is 11.4 Å². The van der Waals surface area contributed by atoms with Crippen molar-refractivity contribution < 1.29 is 9.53 Å². The van der Waals surface area contributed by atoms with E-state index in [1.54, 1.807) is 24.3 Å². The highest BCUT2D eigenvalue weighted by Crippen LogP contribution is 2.31. The van der Waals surface area contributed by atoms with Crippen LogP contribution in [0.5, 0.6) is 5.75 Å². The normalized spacial score (nSPS) is 10.7. The number of ether oxygens (including phenoxy) is 1. The summed E-state index contributed by atoms with van der Waals surface area (Å²) in [6.07, 6.45) is 1.56.